The fourth-order valence-corrected chi connectivity index (χ4v) is 2.26. The summed E-state index contributed by atoms with van der Waals surface area (Å²) in [6.07, 6.45) is 0. The van der Waals surface area contributed by atoms with E-state index in [-0.39, 0.29) is 5.02 Å². The molecule has 0 heterocycles. The molecule has 102 valence electrons. The highest BCUT2D eigenvalue weighted by atomic mass is 35.5. The van der Waals surface area contributed by atoms with Crippen molar-refractivity contribution < 1.29 is 8.78 Å². The number of anilines is 1. The predicted octanol–water partition coefficient (Wildman–Crippen LogP) is 4.47. The zero-order valence-electron chi connectivity index (χ0n) is 10.6. The molecule has 0 aromatic heterocycles. The maximum Gasteiger partial charge on any atom is 0.149 e. The van der Waals surface area contributed by atoms with E-state index in [9.17, 15) is 14.0 Å². The largest absolute Gasteiger partial charge is 0.364 e. The summed E-state index contributed by atoms with van der Waals surface area (Å²) in [4.78, 5) is 0. The van der Waals surface area contributed by atoms with Gasteiger partial charge < -0.3 is 5.32 Å². The molecule has 0 spiro atoms. The summed E-state index contributed by atoms with van der Waals surface area (Å²) in [7, 11) is 0. The van der Waals surface area contributed by atoms with E-state index < -0.39 is 17.2 Å². The van der Waals surface area contributed by atoms with Gasteiger partial charge in [0.15, 0.2) is 0 Å². The Morgan fingerprint density at radius 2 is 1.85 bits per heavy atom. The van der Waals surface area contributed by atoms with Gasteiger partial charge in [0.1, 0.15) is 17.2 Å². The van der Waals surface area contributed by atoms with E-state index in [0.29, 0.717) is 11.3 Å². The van der Waals surface area contributed by atoms with E-state index in [2.05, 4.69) is 11.4 Å². The molecule has 0 saturated heterocycles. The van der Waals surface area contributed by atoms with Gasteiger partial charge in [-0.25, -0.2) is 8.78 Å². The summed E-state index contributed by atoms with van der Waals surface area (Å²) in [6.45, 7) is 1.59. The maximum absolute atomic E-state index is 13.2. The Hall–Kier alpha value is -2.12. The third kappa shape index (κ3) is 2.89. The first-order valence-electron chi connectivity index (χ1n) is 5.85. The van der Waals surface area contributed by atoms with Crippen LogP contribution in [0.1, 0.15) is 12.5 Å². The van der Waals surface area contributed by atoms with Crippen molar-refractivity contribution in [1.29, 1.82) is 5.26 Å². The first kappa shape index (κ1) is 14.3. The van der Waals surface area contributed by atoms with Crippen molar-refractivity contribution in [2.45, 2.75) is 12.5 Å². The van der Waals surface area contributed by atoms with Crippen LogP contribution in [-0.2, 0) is 5.54 Å². The van der Waals surface area contributed by atoms with Crippen LogP contribution in [0.4, 0.5) is 14.5 Å². The second kappa shape index (κ2) is 5.48. The molecule has 1 atom stereocenters. The van der Waals surface area contributed by atoms with E-state index in [1.165, 1.54) is 30.3 Å². The molecule has 2 aromatic carbocycles. The number of nitrogens with zero attached hydrogens (tertiary/aromatic N) is 1. The van der Waals surface area contributed by atoms with Gasteiger partial charge in [-0.2, -0.15) is 5.26 Å². The highest BCUT2D eigenvalue weighted by Crippen LogP contribution is 2.31. The van der Waals surface area contributed by atoms with Crippen molar-refractivity contribution >= 4 is 17.3 Å². The van der Waals surface area contributed by atoms with Crippen molar-refractivity contribution in [3.05, 3.63) is 64.7 Å². The Labute approximate surface area is 120 Å². The zero-order valence-corrected chi connectivity index (χ0v) is 11.4. The molecule has 0 amide bonds. The fourth-order valence-electron chi connectivity index (χ4n) is 1.91. The number of hydrogen-bond acceptors (Lipinski definition) is 2. The van der Waals surface area contributed by atoms with Gasteiger partial charge in [-0.15, -0.1) is 0 Å². The summed E-state index contributed by atoms with van der Waals surface area (Å²) in [5.41, 5.74) is -0.333. The number of nitrogens with one attached hydrogen (secondary N) is 1. The van der Waals surface area contributed by atoms with Crippen LogP contribution in [0.25, 0.3) is 0 Å². The first-order valence-corrected chi connectivity index (χ1v) is 6.23. The molecule has 20 heavy (non-hydrogen) atoms. The topological polar surface area (TPSA) is 35.8 Å². The van der Waals surface area contributed by atoms with Gasteiger partial charge >= 0.3 is 0 Å². The minimum absolute atomic E-state index is 0.137. The van der Waals surface area contributed by atoms with Gasteiger partial charge in [0.25, 0.3) is 0 Å². The number of hydrogen-bond donors (Lipinski definition) is 1. The molecule has 0 aliphatic rings. The van der Waals surface area contributed by atoms with Crippen LogP contribution >= 0.6 is 11.6 Å². The Morgan fingerprint density at radius 1 is 1.15 bits per heavy atom. The minimum atomic E-state index is -1.20. The Bertz CT molecular complexity index is 682. The Kier molecular flexibility index (Phi) is 3.91. The summed E-state index contributed by atoms with van der Waals surface area (Å²) >= 11 is 5.98. The van der Waals surface area contributed by atoms with Crippen LogP contribution in [0.5, 0.6) is 0 Å². The Balaban J connectivity index is 2.41. The molecule has 0 radical (unpaired) electrons. The molecule has 2 nitrogen and oxygen atoms in total. The van der Waals surface area contributed by atoms with Crippen LogP contribution in [-0.4, -0.2) is 0 Å². The SMILES string of the molecule is CC(C#N)(Nc1cccc(F)c1)c1ccc(F)cc1Cl. The molecule has 0 aliphatic carbocycles. The fraction of sp³-hybridized carbons (Fsp3) is 0.133. The molecular weight excluding hydrogens is 282 g/mol. The van der Waals surface area contributed by atoms with Crippen LogP contribution in [0.2, 0.25) is 5.02 Å². The average molecular weight is 293 g/mol. The third-order valence-corrected chi connectivity index (χ3v) is 3.23. The molecule has 1 N–H and O–H groups in total. The highest BCUT2D eigenvalue weighted by molar-refractivity contribution is 6.31. The quantitative estimate of drug-likeness (QED) is 0.906. The lowest BCUT2D eigenvalue weighted by Gasteiger charge is -2.26. The van der Waals surface area contributed by atoms with Crippen LogP contribution in [0.15, 0.2) is 42.5 Å². The molecular formula is C15H11ClF2N2. The van der Waals surface area contributed by atoms with Crippen molar-refractivity contribution in [3.8, 4) is 6.07 Å². The lowest BCUT2D eigenvalue weighted by atomic mass is 9.93. The molecule has 0 bridgehead atoms. The lowest BCUT2D eigenvalue weighted by Crippen LogP contribution is -2.30. The van der Waals surface area contributed by atoms with E-state index in [1.54, 1.807) is 13.0 Å². The van der Waals surface area contributed by atoms with Crippen molar-refractivity contribution in [2.75, 3.05) is 5.32 Å². The molecule has 0 aliphatic heterocycles. The van der Waals surface area contributed by atoms with Gasteiger partial charge in [-0.05, 0) is 37.3 Å². The van der Waals surface area contributed by atoms with Crippen LogP contribution in [0.3, 0.4) is 0 Å². The zero-order chi connectivity index (χ0) is 14.8. The molecule has 5 heteroatoms. The van der Waals surface area contributed by atoms with E-state index in [4.69, 9.17) is 11.6 Å². The number of nitriles is 1. The second-order valence-corrected chi connectivity index (χ2v) is 4.90. The van der Waals surface area contributed by atoms with E-state index >= 15 is 0 Å². The standard InChI is InChI=1S/C15H11ClF2N2/c1-15(9-19,13-6-5-11(18)8-14(13)16)20-12-4-2-3-10(17)7-12/h2-8,20H,1H3. The van der Waals surface area contributed by atoms with Crippen molar-refractivity contribution in [2.24, 2.45) is 0 Å². The van der Waals surface area contributed by atoms with Gasteiger partial charge in [-0.1, -0.05) is 23.7 Å². The summed E-state index contributed by atoms with van der Waals surface area (Å²) < 4.78 is 26.3. The molecule has 2 aromatic rings. The summed E-state index contributed by atoms with van der Waals surface area (Å²) in [5.74, 6) is -0.898. The van der Waals surface area contributed by atoms with Crippen LogP contribution < -0.4 is 5.32 Å². The van der Waals surface area contributed by atoms with Crippen molar-refractivity contribution in [3.63, 3.8) is 0 Å². The molecule has 0 fully saturated rings. The monoisotopic (exact) mass is 292 g/mol. The molecule has 1 unspecified atom stereocenters. The molecule has 0 saturated carbocycles. The number of halogens is 3. The minimum Gasteiger partial charge on any atom is -0.364 e. The van der Waals surface area contributed by atoms with Crippen molar-refractivity contribution in [1.82, 2.24) is 0 Å². The summed E-state index contributed by atoms with van der Waals surface area (Å²) in [6, 6.07) is 11.6. The third-order valence-electron chi connectivity index (χ3n) is 2.91. The van der Waals surface area contributed by atoms with E-state index in [0.717, 1.165) is 6.07 Å². The normalized spacial score (nSPS) is 13.3. The van der Waals surface area contributed by atoms with Crippen LogP contribution in [0, 0.1) is 23.0 Å². The predicted molar refractivity (Wildman–Crippen MR) is 74.4 cm³/mol. The lowest BCUT2D eigenvalue weighted by molar-refractivity contribution is 0.622. The van der Waals surface area contributed by atoms with Gasteiger partial charge in [0, 0.05) is 11.3 Å². The van der Waals surface area contributed by atoms with Gasteiger partial charge in [0.05, 0.1) is 11.1 Å². The highest BCUT2D eigenvalue weighted by Gasteiger charge is 2.29. The smallest absolute Gasteiger partial charge is 0.149 e. The summed E-state index contributed by atoms with van der Waals surface area (Å²) in [5, 5.41) is 12.5. The molecule has 2 rings (SSSR count). The Morgan fingerprint density at radius 3 is 2.45 bits per heavy atom. The maximum atomic E-state index is 13.2. The van der Waals surface area contributed by atoms with Gasteiger partial charge in [0.2, 0.25) is 0 Å². The van der Waals surface area contributed by atoms with Gasteiger partial charge in [-0.3, -0.25) is 0 Å². The van der Waals surface area contributed by atoms with E-state index in [1.807, 2.05) is 0 Å². The number of benzene rings is 2. The number of rotatable bonds is 3. The first-order chi connectivity index (χ1) is 9.44. The average Bonchev–Trinajstić information content (AvgIpc) is 2.38. The second-order valence-electron chi connectivity index (χ2n) is 4.50.